The molecule has 5 aliphatic rings. The zero-order chi connectivity index (χ0) is 23.9. The van der Waals surface area contributed by atoms with Crippen LogP contribution < -0.4 is 5.32 Å². The number of piperidine rings is 1. The Kier molecular flexibility index (Phi) is 6.48. The van der Waals surface area contributed by atoms with E-state index in [4.69, 9.17) is 4.74 Å². The number of sulfonamides is 1. The summed E-state index contributed by atoms with van der Waals surface area (Å²) in [5.41, 5.74) is 0.325. The summed E-state index contributed by atoms with van der Waals surface area (Å²) in [5.74, 6) is 1.42. The highest BCUT2D eigenvalue weighted by atomic mass is 32.2. The van der Waals surface area contributed by atoms with Gasteiger partial charge in [-0.3, -0.25) is 4.79 Å². The smallest absolute Gasteiger partial charge is 0.338 e. The first-order valence-electron chi connectivity index (χ1n) is 12.8. The standard InChI is InChI=1S/C26H36N2O5S/c1-18(26-14-19-10-20(15-26)12-21(11-19)16-26)27-24(29)17-33-25(30)22-6-5-7-23(13-22)34(31,32)28-8-3-2-4-9-28/h5-7,13,18-21H,2-4,8-12,14-17H2,1H3,(H,27,29). The number of benzene rings is 1. The summed E-state index contributed by atoms with van der Waals surface area (Å²) in [6.45, 7) is 2.73. The predicted molar refractivity (Wildman–Crippen MR) is 128 cm³/mol. The van der Waals surface area contributed by atoms with Gasteiger partial charge in [0.15, 0.2) is 6.61 Å². The van der Waals surface area contributed by atoms with E-state index in [1.165, 1.54) is 61.0 Å². The number of esters is 1. The Hall–Kier alpha value is -1.93. The van der Waals surface area contributed by atoms with Gasteiger partial charge in [0.25, 0.3) is 5.91 Å². The van der Waals surface area contributed by atoms with E-state index in [9.17, 15) is 18.0 Å². The van der Waals surface area contributed by atoms with Gasteiger partial charge in [-0.25, -0.2) is 13.2 Å². The van der Waals surface area contributed by atoms with Crippen molar-refractivity contribution in [3.05, 3.63) is 29.8 Å². The van der Waals surface area contributed by atoms with E-state index in [1.807, 2.05) is 0 Å². The van der Waals surface area contributed by atoms with Crippen molar-refractivity contribution in [3.63, 3.8) is 0 Å². The Morgan fingerprint density at radius 3 is 2.29 bits per heavy atom. The maximum atomic E-state index is 12.9. The summed E-state index contributed by atoms with van der Waals surface area (Å²) in [4.78, 5) is 25.3. The van der Waals surface area contributed by atoms with Gasteiger partial charge in [-0.1, -0.05) is 12.5 Å². The molecule has 1 unspecified atom stereocenters. The average molecular weight is 489 g/mol. The normalized spacial score (nSPS) is 31.7. The van der Waals surface area contributed by atoms with Crippen molar-refractivity contribution in [1.29, 1.82) is 0 Å². The van der Waals surface area contributed by atoms with Crippen molar-refractivity contribution < 1.29 is 22.7 Å². The highest BCUT2D eigenvalue weighted by molar-refractivity contribution is 7.89. The molecule has 6 rings (SSSR count). The fourth-order valence-electron chi connectivity index (χ4n) is 7.40. The molecule has 1 N–H and O–H groups in total. The van der Waals surface area contributed by atoms with Crippen molar-refractivity contribution in [2.75, 3.05) is 19.7 Å². The van der Waals surface area contributed by atoms with Crippen LogP contribution in [0, 0.1) is 23.2 Å². The van der Waals surface area contributed by atoms with E-state index in [0.29, 0.717) is 13.1 Å². The molecule has 1 amide bonds. The van der Waals surface area contributed by atoms with Crippen LogP contribution in [0.1, 0.15) is 75.1 Å². The number of hydrogen-bond acceptors (Lipinski definition) is 5. The number of hydrogen-bond donors (Lipinski definition) is 1. The first kappa shape index (κ1) is 23.8. The number of rotatable bonds is 7. The third-order valence-corrected chi connectivity index (χ3v) is 10.6. The second-order valence-corrected chi connectivity index (χ2v) is 13.1. The van der Waals surface area contributed by atoms with Crippen LogP contribution >= 0.6 is 0 Å². The Bertz CT molecular complexity index is 1010. The number of amides is 1. The van der Waals surface area contributed by atoms with Crippen molar-refractivity contribution in [3.8, 4) is 0 Å². The SMILES string of the molecule is CC(NC(=O)COC(=O)c1cccc(S(=O)(=O)N2CCCCC2)c1)C12CC3CC(CC(C3)C1)C2. The number of ether oxygens (including phenoxy) is 1. The molecule has 5 fully saturated rings. The van der Waals surface area contributed by atoms with Gasteiger partial charge in [0.1, 0.15) is 0 Å². The van der Waals surface area contributed by atoms with Gasteiger partial charge in [0, 0.05) is 19.1 Å². The van der Waals surface area contributed by atoms with Gasteiger partial charge in [-0.15, -0.1) is 0 Å². The van der Waals surface area contributed by atoms with Gasteiger partial charge in [-0.05, 0) is 99.7 Å². The van der Waals surface area contributed by atoms with Crippen LogP contribution in [0.25, 0.3) is 0 Å². The van der Waals surface area contributed by atoms with Gasteiger partial charge >= 0.3 is 5.97 Å². The molecule has 0 radical (unpaired) electrons. The van der Waals surface area contributed by atoms with E-state index < -0.39 is 16.0 Å². The molecule has 1 aromatic rings. The summed E-state index contributed by atoms with van der Waals surface area (Å²) >= 11 is 0. The monoisotopic (exact) mass is 488 g/mol. The third kappa shape index (κ3) is 4.63. The second kappa shape index (κ2) is 9.26. The molecule has 1 aromatic carbocycles. The summed E-state index contributed by atoms with van der Waals surface area (Å²) in [5, 5.41) is 3.10. The Labute approximate surface area is 202 Å². The molecular formula is C26H36N2O5S. The topological polar surface area (TPSA) is 92.8 Å². The van der Waals surface area contributed by atoms with Gasteiger partial charge in [0.2, 0.25) is 10.0 Å². The molecule has 8 heteroatoms. The highest BCUT2D eigenvalue weighted by Crippen LogP contribution is 2.61. The van der Waals surface area contributed by atoms with E-state index in [0.717, 1.165) is 37.0 Å². The molecular weight excluding hydrogens is 452 g/mol. The fraction of sp³-hybridized carbons (Fsp3) is 0.692. The van der Waals surface area contributed by atoms with Gasteiger partial charge < -0.3 is 10.1 Å². The van der Waals surface area contributed by atoms with Crippen LogP contribution in [0.5, 0.6) is 0 Å². The lowest BCUT2D eigenvalue weighted by molar-refractivity contribution is -0.128. The largest absolute Gasteiger partial charge is 0.452 e. The molecule has 1 atom stereocenters. The summed E-state index contributed by atoms with van der Waals surface area (Å²) in [6, 6.07) is 5.98. The van der Waals surface area contributed by atoms with Crippen molar-refractivity contribution in [1.82, 2.24) is 9.62 Å². The molecule has 4 aliphatic carbocycles. The highest BCUT2D eigenvalue weighted by Gasteiger charge is 2.53. The average Bonchev–Trinajstić information content (AvgIpc) is 2.82. The van der Waals surface area contributed by atoms with E-state index in [2.05, 4.69) is 12.2 Å². The molecule has 186 valence electrons. The van der Waals surface area contributed by atoms with Crippen molar-refractivity contribution in [2.24, 2.45) is 23.2 Å². The van der Waals surface area contributed by atoms with Crippen LogP contribution in [-0.4, -0.2) is 50.3 Å². The minimum Gasteiger partial charge on any atom is -0.452 e. The summed E-state index contributed by atoms with van der Waals surface area (Å²) in [6.07, 6.45) is 10.4. The van der Waals surface area contributed by atoms with Gasteiger partial charge in [-0.2, -0.15) is 4.31 Å². The second-order valence-electron chi connectivity index (χ2n) is 11.1. The molecule has 4 saturated carbocycles. The van der Waals surface area contributed by atoms with Crippen LogP contribution in [0.4, 0.5) is 0 Å². The Morgan fingerprint density at radius 1 is 1.06 bits per heavy atom. The zero-order valence-corrected chi connectivity index (χ0v) is 20.8. The van der Waals surface area contributed by atoms with E-state index in [1.54, 1.807) is 6.07 Å². The number of carbonyl (C=O) groups is 2. The van der Waals surface area contributed by atoms with E-state index in [-0.39, 0.29) is 34.4 Å². The van der Waals surface area contributed by atoms with Crippen molar-refractivity contribution in [2.45, 2.75) is 75.6 Å². The molecule has 7 nitrogen and oxygen atoms in total. The fourth-order valence-corrected chi connectivity index (χ4v) is 8.96. The molecule has 0 aromatic heterocycles. The molecule has 0 spiro atoms. The summed E-state index contributed by atoms with van der Waals surface area (Å²) in [7, 11) is -3.64. The first-order chi connectivity index (χ1) is 16.2. The van der Waals surface area contributed by atoms with Crippen molar-refractivity contribution >= 4 is 21.9 Å². The molecule has 1 saturated heterocycles. The Morgan fingerprint density at radius 2 is 1.68 bits per heavy atom. The minimum atomic E-state index is -3.64. The van der Waals surface area contributed by atoms with Crippen LogP contribution in [-0.2, 0) is 19.6 Å². The number of nitrogens with zero attached hydrogens (tertiary/aromatic N) is 1. The number of nitrogens with one attached hydrogen (secondary N) is 1. The van der Waals surface area contributed by atoms with Crippen LogP contribution in [0.2, 0.25) is 0 Å². The Balaban J connectivity index is 1.17. The first-order valence-corrected chi connectivity index (χ1v) is 14.3. The molecule has 1 heterocycles. The zero-order valence-electron chi connectivity index (χ0n) is 20.0. The molecule has 1 aliphatic heterocycles. The lowest BCUT2D eigenvalue weighted by atomic mass is 9.48. The predicted octanol–water partition coefficient (Wildman–Crippen LogP) is 3.74. The maximum absolute atomic E-state index is 12.9. The lowest BCUT2D eigenvalue weighted by Crippen LogP contribution is -2.56. The molecule has 4 bridgehead atoms. The van der Waals surface area contributed by atoms with Gasteiger partial charge in [0.05, 0.1) is 10.5 Å². The number of carbonyl (C=O) groups excluding carboxylic acids is 2. The quantitative estimate of drug-likeness (QED) is 0.590. The maximum Gasteiger partial charge on any atom is 0.338 e. The van der Waals surface area contributed by atoms with E-state index >= 15 is 0 Å². The minimum absolute atomic E-state index is 0.0603. The van der Waals surface area contributed by atoms with Crippen LogP contribution in [0.3, 0.4) is 0 Å². The lowest BCUT2D eigenvalue weighted by Gasteiger charge is -2.59. The summed E-state index contributed by atoms with van der Waals surface area (Å²) < 4.78 is 32.6. The molecule has 34 heavy (non-hydrogen) atoms. The third-order valence-electron chi connectivity index (χ3n) is 8.74. The van der Waals surface area contributed by atoms with Crippen LogP contribution in [0.15, 0.2) is 29.2 Å².